The summed E-state index contributed by atoms with van der Waals surface area (Å²) in [6.45, 7) is 8.75. The predicted octanol–water partition coefficient (Wildman–Crippen LogP) is 5.75. The molecule has 1 fully saturated rings. The van der Waals surface area contributed by atoms with Gasteiger partial charge in [0.1, 0.15) is 0 Å². The van der Waals surface area contributed by atoms with E-state index in [2.05, 4.69) is 67.9 Å². The molecule has 0 spiro atoms. The summed E-state index contributed by atoms with van der Waals surface area (Å²) >= 11 is 0. The van der Waals surface area contributed by atoms with E-state index in [4.69, 9.17) is 0 Å². The van der Waals surface area contributed by atoms with Crippen molar-refractivity contribution in [2.75, 3.05) is 19.6 Å². The number of carbonyl (C=O) groups excluding carboxylic acids is 2. The molecule has 5 nitrogen and oxygen atoms in total. The number of nitrogens with zero attached hydrogens (tertiary/aromatic N) is 3. The largest absolute Gasteiger partial charge is 0.348 e. The summed E-state index contributed by atoms with van der Waals surface area (Å²) in [5.41, 5.74) is 3.58. The first-order valence-electron chi connectivity index (χ1n) is 13.3. The van der Waals surface area contributed by atoms with Gasteiger partial charge in [0, 0.05) is 37.9 Å². The lowest BCUT2D eigenvalue weighted by Gasteiger charge is -2.38. The highest BCUT2D eigenvalue weighted by Gasteiger charge is 2.33. The summed E-state index contributed by atoms with van der Waals surface area (Å²) < 4.78 is 2.25. The van der Waals surface area contributed by atoms with Crippen LogP contribution in [0.25, 0.3) is 0 Å². The average molecular weight is 464 g/mol. The number of amides is 2. The zero-order chi connectivity index (χ0) is 24.1. The van der Waals surface area contributed by atoms with E-state index in [1.54, 1.807) is 0 Å². The Labute approximate surface area is 205 Å². The third kappa shape index (κ3) is 5.56. The number of hydrogen-bond acceptors (Lipinski definition) is 2. The van der Waals surface area contributed by atoms with Gasteiger partial charge in [-0.05, 0) is 47.9 Å². The number of benzene rings is 1. The molecule has 0 radical (unpaired) electrons. The Hall–Kier alpha value is -2.56. The van der Waals surface area contributed by atoms with Gasteiger partial charge >= 0.3 is 0 Å². The van der Waals surface area contributed by atoms with Crippen molar-refractivity contribution in [3.05, 3.63) is 59.4 Å². The number of rotatable bonds is 9. The van der Waals surface area contributed by atoms with Crippen molar-refractivity contribution in [3.63, 3.8) is 0 Å². The molecular weight excluding hydrogens is 422 g/mol. The lowest BCUT2D eigenvalue weighted by Crippen LogP contribution is -2.48. The van der Waals surface area contributed by atoms with Crippen LogP contribution in [0.2, 0.25) is 0 Å². The van der Waals surface area contributed by atoms with E-state index < -0.39 is 0 Å². The second-order valence-corrected chi connectivity index (χ2v) is 10.4. The first-order chi connectivity index (χ1) is 16.5. The molecule has 1 unspecified atom stereocenters. The van der Waals surface area contributed by atoms with E-state index in [9.17, 15) is 9.59 Å². The average Bonchev–Trinajstić information content (AvgIpc) is 3.53. The summed E-state index contributed by atoms with van der Waals surface area (Å²) in [6.07, 6.45) is 9.61. The quantitative estimate of drug-likeness (QED) is 0.475. The fourth-order valence-corrected chi connectivity index (χ4v) is 5.67. The van der Waals surface area contributed by atoms with Gasteiger partial charge in [-0.3, -0.25) is 9.59 Å². The van der Waals surface area contributed by atoms with Crippen LogP contribution >= 0.6 is 0 Å². The molecule has 2 aromatic rings. The second kappa shape index (κ2) is 11.2. The Morgan fingerprint density at radius 3 is 2.47 bits per heavy atom. The Bertz CT molecular complexity index is 956. The predicted molar refractivity (Wildman–Crippen MR) is 137 cm³/mol. The Morgan fingerprint density at radius 1 is 1.06 bits per heavy atom. The normalized spacial score (nSPS) is 18.4. The van der Waals surface area contributed by atoms with Crippen LogP contribution in [0.3, 0.4) is 0 Å². The SMILES string of the molecule is CCCN(CC(=O)N1CCn2cccc2C1c1ccc(C(C)C)cc1)C(=O)CCC1CCCC1. The highest BCUT2D eigenvalue weighted by molar-refractivity contribution is 5.85. The first kappa shape index (κ1) is 24.6. The van der Waals surface area contributed by atoms with E-state index in [0.717, 1.165) is 30.6 Å². The minimum absolute atomic E-state index is 0.0491. The number of fused-ring (bicyclic) bond motifs is 1. The maximum atomic E-state index is 13.7. The van der Waals surface area contributed by atoms with Crippen LogP contribution in [0.15, 0.2) is 42.6 Å². The van der Waals surface area contributed by atoms with Crippen LogP contribution in [0, 0.1) is 5.92 Å². The maximum Gasteiger partial charge on any atom is 0.243 e. The molecule has 2 aliphatic rings. The molecule has 34 heavy (non-hydrogen) atoms. The fraction of sp³-hybridized carbons (Fsp3) is 0.586. The van der Waals surface area contributed by atoms with Gasteiger partial charge in [0.2, 0.25) is 11.8 Å². The topological polar surface area (TPSA) is 45.6 Å². The van der Waals surface area contributed by atoms with Gasteiger partial charge in [-0.25, -0.2) is 0 Å². The van der Waals surface area contributed by atoms with Crippen molar-refractivity contribution >= 4 is 11.8 Å². The van der Waals surface area contributed by atoms with E-state index in [-0.39, 0.29) is 24.4 Å². The van der Waals surface area contributed by atoms with Crippen molar-refractivity contribution in [2.45, 2.75) is 84.2 Å². The zero-order valence-corrected chi connectivity index (χ0v) is 21.2. The molecule has 1 aromatic heterocycles. The van der Waals surface area contributed by atoms with Gasteiger partial charge in [-0.1, -0.05) is 70.7 Å². The Balaban J connectivity index is 1.50. The van der Waals surface area contributed by atoms with E-state index >= 15 is 0 Å². The smallest absolute Gasteiger partial charge is 0.243 e. The molecule has 0 N–H and O–H groups in total. The second-order valence-electron chi connectivity index (χ2n) is 10.4. The molecule has 2 heterocycles. The summed E-state index contributed by atoms with van der Waals surface area (Å²) in [4.78, 5) is 30.5. The molecule has 1 atom stereocenters. The van der Waals surface area contributed by atoms with Crippen LogP contribution in [-0.4, -0.2) is 45.8 Å². The molecule has 1 aliphatic carbocycles. The molecular formula is C29H41N3O2. The summed E-state index contributed by atoms with van der Waals surface area (Å²) in [5, 5.41) is 0. The fourth-order valence-electron chi connectivity index (χ4n) is 5.67. The molecule has 1 aliphatic heterocycles. The first-order valence-corrected chi connectivity index (χ1v) is 13.3. The molecule has 1 saturated carbocycles. The van der Waals surface area contributed by atoms with Crippen LogP contribution < -0.4 is 0 Å². The van der Waals surface area contributed by atoms with Gasteiger partial charge in [0.15, 0.2) is 0 Å². The molecule has 5 heteroatoms. The minimum atomic E-state index is -0.116. The molecule has 1 aromatic carbocycles. The van der Waals surface area contributed by atoms with Crippen molar-refractivity contribution in [3.8, 4) is 0 Å². The van der Waals surface area contributed by atoms with Crippen molar-refractivity contribution < 1.29 is 9.59 Å². The highest BCUT2D eigenvalue weighted by atomic mass is 16.2. The van der Waals surface area contributed by atoms with Gasteiger partial charge in [-0.2, -0.15) is 0 Å². The number of hydrogen-bond donors (Lipinski definition) is 0. The van der Waals surface area contributed by atoms with Crippen LogP contribution in [0.1, 0.15) is 94.5 Å². The van der Waals surface area contributed by atoms with Crippen LogP contribution in [0.4, 0.5) is 0 Å². The van der Waals surface area contributed by atoms with Gasteiger partial charge in [0.25, 0.3) is 0 Å². The van der Waals surface area contributed by atoms with Gasteiger partial charge in [-0.15, -0.1) is 0 Å². The van der Waals surface area contributed by atoms with E-state index in [1.165, 1.54) is 31.2 Å². The van der Waals surface area contributed by atoms with Crippen LogP contribution in [0.5, 0.6) is 0 Å². The minimum Gasteiger partial charge on any atom is -0.348 e. The van der Waals surface area contributed by atoms with E-state index in [1.807, 2.05) is 9.80 Å². The molecule has 184 valence electrons. The van der Waals surface area contributed by atoms with Crippen molar-refractivity contribution in [1.29, 1.82) is 0 Å². The third-order valence-electron chi connectivity index (χ3n) is 7.69. The monoisotopic (exact) mass is 463 g/mol. The van der Waals surface area contributed by atoms with Gasteiger partial charge in [0.05, 0.1) is 12.6 Å². The van der Waals surface area contributed by atoms with Crippen molar-refractivity contribution in [2.24, 2.45) is 5.92 Å². The van der Waals surface area contributed by atoms with Crippen LogP contribution in [-0.2, 0) is 16.1 Å². The standard InChI is InChI=1S/C29H41N3O2/c1-4-17-31(27(33)16-11-23-8-5-6-9-23)21-28(34)32-20-19-30-18-7-10-26(30)29(32)25-14-12-24(13-15-25)22(2)3/h7,10,12-15,18,22-23,29H,4-6,8-9,11,16-17,19-21H2,1-3H3. The van der Waals surface area contributed by atoms with Crippen molar-refractivity contribution in [1.82, 2.24) is 14.4 Å². The lowest BCUT2D eigenvalue weighted by molar-refractivity contribution is -0.142. The molecule has 0 saturated heterocycles. The highest BCUT2D eigenvalue weighted by Crippen LogP contribution is 2.33. The van der Waals surface area contributed by atoms with E-state index in [0.29, 0.717) is 31.3 Å². The number of aromatic nitrogens is 1. The Kier molecular flexibility index (Phi) is 8.12. The molecule has 0 bridgehead atoms. The number of carbonyl (C=O) groups is 2. The summed E-state index contributed by atoms with van der Waals surface area (Å²) in [5.74, 6) is 1.35. The summed E-state index contributed by atoms with van der Waals surface area (Å²) in [7, 11) is 0. The summed E-state index contributed by atoms with van der Waals surface area (Å²) in [6, 6.07) is 12.8. The van der Waals surface area contributed by atoms with Gasteiger partial charge < -0.3 is 14.4 Å². The molecule has 2 amide bonds. The third-order valence-corrected chi connectivity index (χ3v) is 7.69. The lowest BCUT2D eigenvalue weighted by atomic mass is 9.95. The Morgan fingerprint density at radius 2 is 1.79 bits per heavy atom. The maximum absolute atomic E-state index is 13.7. The molecule has 4 rings (SSSR count). The zero-order valence-electron chi connectivity index (χ0n) is 21.2.